The number of hydrogen-bond acceptors (Lipinski definition) is 9. The van der Waals surface area contributed by atoms with Gasteiger partial charge in [0.05, 0.1) is 0 Å². The van der Waals surface area contributed by atoms with Gasteiger partial charge in [0, 0.05) is 21.3 Å². The minimum Gasteiger partial charge on any atom is -0.422 e. The normalized spacial score (nSPS) is 26.3. The number of hydrogen-bond donors (Lipinski definition) is 0. The van der Waals surface area contributed by atoms with Crippen molar-refractivity contribution in [1.82, 2.24) is 0 Å². The number of rotatable bonds is 9. The first-order chi connectivity index (χ1) is 16.0. The average Bonchev–Trinajstić information content (AvgIpc) is 2.86. The quantitative estimate of drug-likeness (QED) is 0.272. The van der Waals surface area contributed by atoms with Crippen molar-refractivity contribution in [3.8, 4) is 17.2 Å². The molecule has 0 amide bonds. The second kappa shape index (κ2) is 10.3. The summed E-state index contributed by atoms with van der Waals surface area (Å²) in [5, 5.41) is 0. The van der Waals surface area contributed by atoms with Crippen LogP contribution in [0.4, 0.5) is 0 Å². The molecule has 0 aliphatic carbocycles. The molecule has 9 nitrogen and oxygen atoms in total. The predicted molar refractivity (Wildman–Crippen MR) is 130 cm³/mol. The van der Waals surface area contributed by atoms with E-state index in [1.165, 1.54) is 21.3 Å². The van der Waals surface area contributed by atoms with E-state index < -0.39 is 23.0 Å². The zero-order chi connectivity index (χ0) is 23.2. The zero-order valence-corrected chi connectivity index (χ0v) is 21.0. The molecule has 174 valence electrons. The van der Waals surface area contributed by atoms with Crippen LogP contribution in [0, 0.1) is 0 Å². The summed E-state index contributed by atoms with van der Waals surface area (Å²) in [5.41, 5.74) is 0. The molecule has 33 heavy (non-hydrogen) atoms. The van der Waals surface area contributed by atoms with Gasteiger partial charge in [-0.15, -0.1) is 13.5 Å². The Bertz CT molecular complexity index is 1070. The number of para-hydroxylation sites is 3. The van der Waals surface area contributed by atoms with Gasteiger partial charge in [0.15, 0.2) is 0 Å². The van der Waals surface area contributed by atoms with Gasteiger partial charge in [0.2, 0.25) is 0 Å². The minimum atomic E-state index is -3.39. The second-order valence-electron chi connectivity index (χ2n) is 6.50. The molecule has 0 fully saturated rings. The Morgan fingerprint density at radius 3 is 0.879 bits per heavy atom. The van der Waals surface area contributed by atoms with Crippen molar-refractivity contribution in [3.05, 3.63) is 91.0 Å². The third-order valence-corrected chi connectivity index (χ3v) is 12.5. The Morgan fingerprint density at radius 1 is 0.424 bits per heavy atom. The van der Waals surface area contributed by atoms with E-state index in [1.54, 1.807) is 36.4 Å². The number of nitrogens with zero attached hydrogens (tertiary/aromatic N) is 3. The fraction of sp³-hybridized carbons (Fsp3) is 0.143. The standard InChI is InChI=1S/C21H24N3O6P3/c1-25-31(28-19-13-7-4-8-14-19)22-32(26-2,29-20-15-9-5-10-16-20)24-33(23-31,27-3)30-21-17-11-6-12-18-21/h4-18H,1-3H3. The van der Waals surface area contributed by atoms with Gasteiger partial charge in [-0.25, -0.2) is 0 Å². The van der Waals surface area contributed by atoms with Crippen molar-refractivity contribution >= 4 is 23.0 Å². The minimum absolute atomic E-state index is 0.518. The van der Waals surface area contributed by atoms with Crippen molar-refractivity contribution in [1.29, 1.82) is 0 Å². The second-order valence-corrected chi connectivity index (χ2v) is 13.2. The Balaban J connectivity index is 1.92. The lowest BCUT2D eigenvalue weighted by Crippen LogP contribution is -2.05. The maximum atomic E-state index is 6.21. The molecule has 0 N–H and O–H groups in total. The Morgan fingerprint density at radius 2 is 0.667 bits per heavy atom. The van der Waals surface area contributed by atoms with E-state index in [0.717, 1.165) is 0 Å². The van der Waals surface area contributed by atoms with E-state index in [4.69, 9.17) is 40.7 Å². The van der Waals surface area contributed by atoms with Crippen molar-refractivity contribution in [2.24, 2.45) is 13.5 Å². The van der Waals surface area contributed by atoms with Gasteiger partial charge in [-0.3, -0.25) is 0 Å². The van der Waals surface area contributed by atoms with Gasteiger partial charge < -0.3 is 27.1 Å². The first kappa shape index (κ1) is 23.8. The van der Waals surface area contributed by atoms with Crippen LogP contribution in [0.25, 0.3) is 0 Å². The van der Waals surface area contributed by atoms with Gasteiger partial charge in [-0.05, 0) is 36.4 Å². The SMILES string of the molecule is COP1(Oc2ccccc2)=NP(OC)(Oc2ccccc2)=NP(OC)(Oc2ccccc2)=N1. The highest BCUT2D eigenvalue weighted by atomic mass is 31.3. The molecule has 0 aromatic heterocycles. The van der Waals surface area contributed by atoms with Crippen molar-refractivity contribution < 1.29 is 27.1 Å². The first-order valence-corrected chi connectivity index (χ1v) is 14.5. The van der Waals surface area contributed by atoms with Gasteiger partial charge in [-0.1, -0.05) is 54.6 Å². The molecule has 0 spiro atoms. The number of benzene rings is 3. The van der Waals surface area contributed by atoms with Gasteiger partial charge in [-0.2, -0.15) is 0 Å². The third-order valence-electron chi connectivity index (χ3n) is 4.29. The highest BCUT2D eigenvalue weighted by Crippen LogP contribution is 2.78. The smallest absolute Gasteiger partial charge is 0.404 e. The van der Waals surface area contributed by atoms with Crippen LogP contribution in [-0.4, -0.2) is 21.3 Å². The highest BCUT2D eigenvalue weighted by molar-refractivity contribution is 7.78. The molecule has 0 bridgehead atoms. The van der Waals surface area contributed by atoms with Crippen molar-refractivity contribution in [2.75, 3.05) is 21.3 Å². The van der Waals surface area contributed by atoms with E-state index in [9.17, 15) is 0 Å². The van der Waals surface area contributed by atoms with Crippen LogP contribution >= 0.6 is 23.0 Å². The summed E-state index contributed by atoms with van der Waals surface area (Å²) in [7, 11) is -5.76. The highest BCUT2D eigenvalue weighted by Gasteiger charge is 2.44. The molecule has 0 saturated carbocycles. The van der Waals surface area contributed by atoms with E-state index in [0.29, 0.717) is 17.2 Å². The van der Waals surface area contributed by atoms with Crippen molar-refractivity contribution in [2.45, 2.75) is 0 Å². The Labute approximate surface area is 193 Å². The molecule has 3 aromatic carbocycles. The summed E-state index contributed by atoms with van der Waals surface area (Å²) in [6.07, 6.45) is 0. The molecular formula is C21H24N3O6P3. The summed E-state index contributed by atoms with van der Waals surface area (Å²) in [6, 6.07) is 27.4. The lowest BCUT2D eigenvalue weighted by molar-refractivity contribution is 0.354. The van der Waals surface area contributed by atoms with Crippen LogP contribution < -0.4 is 13.6 Å². The van der Waals surface area contributed by atoms with Crippen LogP contribution in [0.5, 0.6) is 17.2 Å². The van der Waals surface area contributed by atoms with Crippen molar-refractivity contribution in [3.63, 3.8) is 0 Å². The summed E-state index contributed by atoms with van der Waals surface area (Å²) < 4.78 is 50.2. The van der Waals surface area contributed by atoms with Gasteiger partial charge in [0.1, 0.15) is 17.2 Å². The van der Waals surface area contributed by atoms with E-state index in [-0.39, 0.29) is 0 Å². The topological polar surface area (TPSA) is 92.5 Å². The lowest BCUT2D eigenvalue weighted by Gasteiger charge is -2.31. The maximum Gasteiger partial charge on any atom is 0.404 e. The summed E-state index contributed by atoms with van der Waals surface area (Å²) in [4.78, 5) is 0. The van der Waals surface area contributed by atoms with Crippen LogP contribution in [0.2, 0.25) is 0 Å². The van der Waals surface area contributed by atoms with E-state index >= 15 is 0 Å². The molecule has 0 unspecified atom stereocenters. The third kappa shape index (κ3) is 5.59. The molecule has 0 radical (unpaired) electrons. The molecule has 0 atom stereocenters. The van der Waals surface area contributed by atoms with Crippen LogP contribution in [0.15, 0.2) is 105 Å². The molecule has 1 aliphatic heterocycles. The van der Waals surface area contributed by atoms with Crippen LogP contribution in [-0.2, 0) is 13.6 Å². The molecule has 0 saturated heterocycles. The summed E-state index contributed by atoms with van der Waals surface area (Å²) in [6.45, 7) is 0. The molecular weight excluding hydrogens is 483 g/mol. The monoisotopic (exact) mass is 507 g/mol. The molecule has 1 aliphatic rings. The molecule has 4 rings (SSSR count). The van der Waals surface area contributed by atoms with Crippen LogP contribution in [0.3, 0.4) is 0 Å². The molecule has 12 heteroatoms. The molecule has 1 heterocycles. The van der Waals surface area contributed by atoms with E-state index in [2.05, 4.69) is 0 Å². The Hall–Kier alpha value is -2.37. The fourth-order valence-electron chi connectivity index (χ4n) is 2.78. The summed E-state index contributed by atoms with van der Waals surface area (Å²) in [5.74, 6) is 1.56. The average molecular weight is 507 g/mol. The largest absolute Gasteiger partial charge is 0.422 e. The lowest BCUT2D eigenvalue weighted by atomic mass is 10.3. The zero-order valence-electron chi connectivity index (χ0n) is 18.3. The maximum absolute atomic E-state index is 6.21. The summed E-state index contributed by atoms with van der Waals surface area (Å²) >= 11 is 0. The molecule has 3 aromatic rings. The van der Waals surface area contributed by atoms with E-state index in [1.807, 2.05) is 54.6 Å². The van der Waals surface area contributed by atoms with Gasteiger partial charge in [0.25, 0.3) is 0 Å². The van der Waals surface area contributed by atoms with Gasteiger partial charge >= 0.3 is 23.0 Å². The first-order valence-electron chi connectivity index (χ1n) is 9.86. The predicted octanol–water partition coefficient (Wildman–Crippen LogP) is 8.01. The Kier molecular flexibility index (Phi) is 7.40. The van der Waals surface area contributed by atoms with Crippen LogP contribution in [0.1, 0.15) is 0 Å². The fourth-order valence-corrected chi connectivity index (χ4v) is 11.6.